The number of hydrogen-bond acceptors (Lipinski definition) is 3. The van der Waals surface area contributed by atoms with Crippen LogP contribution >= 0.6 is 0 Å². The first-order chi connectivity index (χ1) is 8.54. The first-order valence-corrected chi connectivity index (χ1v) is 7.32. The minimum Gasteiger partial charge on any atom is -0.354 e. The summed E-state index contributed by atoms with van der Waals surface area (Å²) in [5.41, 5.74) is 5.84. The second-order valence-corrected chi connectivity index (χ2v) is 5.74. The van der Waals surface area contributed by atoms with E-state index < -0.39 is 0 Å². The van der Waals surface area contributed by atoms with Crippen molar-refractivity contribution in [2.24, 2.45) is 11.7 Å². The molecule has 2 unspecified atom stereocenters. The second kappa shape index (κ2) is 7.74. The van der Waals surface area contributed by atoms with E-state index in [2.05, 4.69) is 31.0 Å². The van der Waals surface area contributed by atoms with Crippen molar-refractivity contribution >= 4 is 5.91 Å². The SMILES string of the molecule is CCCCC(N)C(=O)NCC1CCN(C(C)C)C1. The van der Waals surface area contributed by atoms with Crippen molar-refractivity contribution < 1.29 is 4.79 Å². The number of likely N-dealkylation sites (tertiary alicyclic amines) is 1. The van der Waals surface area contributed by atoms with Crippen molar-refractivity contribution in [1.82, 2.24) is 10.2 Å². The topological polar surface area (TPSA) is 58.4 Å². The van der Waals surface area contributed by atoms with Crippen molar-refractivity contribution in [3.63, 3.8) is 0 Å². The zero-order chi connectivity index (χ0) is 13.5. The molecule has 0 aromatic rings. The fourth-order valence-corrected chi connectivity index (χ4v) is 2.43. The van der Waals surface area contributed by atoms with E-state index in [1.165, 1.54) is 6.42 Å². The van der Waals surface area contributed by atoms with Crippen LogP contribution in [-0.4, -0.2) is 42.5 Å². The summed E-state index contributed by atoms with van der Waals surface area (Å²) in [6.07, 6.45) is 4.10. The predicted octanol–water partition coefficient (Wildman–Crippen LogP) is 1.35. The van der Waals surface area contributed by atoms with Gasteiger partial charge in [-0.15, -0.1) is 0 Å². The van der Waals surface area contributed by atoms with Gasteiger partial charge in [-0.05, 0) is 39.2 Å². The Balaban J connectivity index is 2.19. The lowest BCUT2D eigenvalue weighted by atomic mass is 10.1. The Hall–Kier alpha value is -0.610. The highest BCUT2D eigenvalue weighted by Crippen LogP contribution is 2.17. The molecule has 1 amide bonds. The quantitative estimate of drug-likeness (QED) is 0.722. The van der Waals surface area contributed by atoms with Gasteiger partial charge >= 0.3 is 0 Å². The summed E-state index contributed by atoms with van der Waals surface area (Å²) in [6, 6.07) is 0.282. The highest BCUT2D eigenvalue weighted by Gasteiger charge is 2.24. The molecule has 1 rings (SSSR count). The van der Waals surface area contributed by atoms with E-state index in [0.29, 0.717) is 12.0 Å². The molecule has 106 valence electrons. The lowest BCUT2D eigenvalue weighted by Gasteiger charge is -2.20. The summed E-state index contributed by atoms with van der Waals surface area (Å²) in [6.45, 7) is 9.59. The molecular formula is C14H29N3O. The van der Waals surface area contributed by atoms with Crippen LogP contribution in [0.25, 0.3) is 0 Å². The largest absolute Gasteiger partial charge is 0.354 e. The monoisotopic (exact) mass is 255 g/mol. The van der Waals surface area contributed by atoms with Gasteiger partial charge in [-0.3, -0.25) is 4.79 Å². The predicted molar refractivity (Wildman–Crippen MR) is 75.3 cm³/mol. The van der Waals surface area contributed by atoms with E-state index >= 15 is 0 Å². The summed E-state index contributed by atoms with van der Waals surface area (Å²) in [4.78, 5) is 14.2. The van der Waals surface area contributed by atoms with Gasteiger partial charge in [0.1, 0.15) is 0 Å². The molecule has 18 heavy (non-hydrogen) atoms. The Morgan fingerprint density at radius 2 is 2.22 bits per heavy atom. The zero-order valence-corrected chi connectivity index (χ0v) is 12.1. The van der Waals surface area contributed by atoms with E-state index in [4.69, 9.17) is 5.73 Å². The maximum atomic E-state index is 11.8. The Kier molecular flexibility index (Phi) is 6.65. The lowest BCUT2D eigenvalue weighted by Crippen LogP contribution is -2.42. The Labute approximate surface area is 111 Å². The number of amides is 1. The summed E-state index contributed by atoms with van der Waals surface area (Å²) in [5, 5.41) is 3.00. The normalized spacial score (nSPS) is 22.4. The molecule has 1 aliphatic rings. The van der Waals surface area contributed by atoms with Crippen LogP contribution in [0.15, 0.2) is 0 Å². The molecule has 4 heteroatoms. The Morgan fingerprint density at radius 1 is 1.50 bits per heavy atom. The maximum absolute atomic E-state index is 11.8. The smallest absolute Gasteiger partial charge is 0.236 e. The molecular weight excluding hydrogens is 226 g/mol. The van der Waals surface area contributed by atoms with Crippen molar-refractivity contribution in [2.45, 2.75) is 58.5 Å². The van der Waals surface area contributed by atoms with Crippen LogP contribution in [0.3, 0.4) is 0 Å². The lowest BCUT2D eigenvalue weighted by molar-refractivity contribution is -0.122. The van der Waals surface area contributed by atoms with E-state index in [-0.39, 0.29) is 11.9 Å². The molecule has 4 nitrogen and oxygen atoms in total. The van der Waals surface area contributed by atoms with Crippen LogP contribution in [0.2, 0.25) is 0 Å². The number of unbranched alkanes of at least 4 members (excludes halogenated alkanes) is 1. The molecule has 1 saturated heterocycles. The fraction of sp³-hybridized carbons (Fsp3) is 0.929. The molecule has 1 aliphatic heterocycles. The number of rotatable bonds is 7. The molecule has 0 radical (unpaired) electrons. The minimum atomic E-state index is -0.326. The van der Waals surface area contributed by atoms with Gasteiger partial charge in [0.25, 0.3) is 0 Å². The number of nitrogens with one attached hydrogen (secondary N) is 1. The molecule has 0 aromatic carbocycles. The van der Waals surface area contributed by atoms with Crippen LogP contribution < -0.4 is 11.1 Å². The van der Waals surface area contributed by atoms with Crippen LogP contribution in [0.1, 0.15) is 46.5 Å². The number of carbonyl (C=O) groups is 1. The highest BCUT2D eigenvalue weighted by atomic mass is 16.2. The van der Waals surface area contributed by atoms with Crippen LogP contribution in [0, 0.1) is 5.92 Å². The summed E-state index contributed by atoms with van der Waals surface area (Å²) < 4.78 is 0. The van der Waals surface area contributed by atoms with Gasteiger partial charge in [-0.2, -0.15) is 0 Å². The number of nitrogens with two attached hydrogens (primary N) is 1. The van der Waals surface area contributed by atoms with E-state index in [0.717, 1.165) is 38.9 Å². The average Bonchev–Trinajstić information content (AvgIpc) is 2.81. The minimum absolute atomic E-state index is 0.0199. The van der Waals surface area contributed by atoms with E-state index in [1.807, 2.05) is 0 Å². The first kappa shape index (κ1) is 15.4. The molecule has 0 aliphatic carbocycles. The zero-order valence-electron chi connectivity index (χ0n) is 12.1. The molecule has 3 N–H and O–H groups in total. The summed E-state index contributed by atoms with van der Waals surface area (Å²) in [7, 11) is 0. The fourth-order valence-electron chi connectivity index (χ4n) is 2.43. The van der Waals surface area contributed by atoms with Gasteiger partial charge < -0.3 is 16.0 Å². The van der Waals surface area contributed by atoms with Crippen LogP contribution in [-0.2, 0) is 4.79 Å². The number of nitrogens with zero attached hydrogens (tertiary/aromatic N) is 1. The number of carbonyl (C=O) groups excluding carboxylic acids is 1. The average molecular weight is 255 g/mol. The Morgan fingerprint density at radius 3 is 2.78 bits per heavy atom. The third-order valence-electron chi connectivity index (χ3n) is 3.82. The van der Waals surface area contributed by atoms with Gasteiger partial charge in [0, 0.05) is 19.1 Å². The second-order valence-electron chi connectivity index (χ2n) is 5.74. The standard InChI is InChI=1S/C14H29N3O/c1-4-5-6-13(15)14(18)16-9-12-7-8-17(10-12)11(2)3/h11-13H,4-10,15H2,1-3H3,(H,16,18). The molecule has 1 heterocycles. The van der Waals surface area contributed by atoms with Crippen molar-refractivity contribution in [3.8, 4) is 0 Å². The molecule has 0 aromatic heterocycles. The third-order valence-corrected chi connectivity index (χ3v) is 3.82. The third kappa shape index (κ3) is 4.94. The first-order valence-electron chi connectivity index (χ1n) is 7.32. The van der Waals surface area contributed by atoms with Gasteiger partial charge in [0.2, 0.25) is 5.91 Å². The summed E-state index contributed by atoms with van der Waals surface area (Å²) >= 11 is 0. The maximum Gasteiger partial charge on any atom is 0.236 e. The van der Waals surface area contributed by atoms with Gasteiger partial charge in [0.15, 0.2) is 0 Å². The summed E-state index contributed by atoms with van der Waals surface area (Å²) in [5.74, 6) is 0.612. The molecule has 2 atom stereocenters. The molecule has 0 spiro atoms. The van der Waals surface area contributed by atoms with E-state index in [1.54, 1.807) is 0 Å². The van der Waals surface area contributed by atoms with Crippen molar-refractivity contribution in [2.75, 3.05) is 19.6 Å². The molecule has 1 fully saturated rings. The number of hydrogen-bond donors (Lipinski definition) is 2. The van der Waals surface area contributed by atoms with Crippen LogP contribution in [0.5, 0.6) is 0 Å². The highest BCUT2D eigenvalue weighted by molar-refractivity contribution is 5.81. The van der Waals surface area contributed by atoms with E-state index in [9.17, 15) is 4.79 Å². The molecule has 0 saturated carbocycles. The van der Waals surface area contributed by atoms with Gasteiger partial charge in [0.05, 0.1) is 6.04 Å². The Bertz CT molecular complexity index is 255. The van der Waals surface area contributed by atoms with Crippen LogP contribution in [0.4, 0.5) is 0 Å². The van der Waals surface area contributed by atoms with Crippen molar-refractivity contribution in [3.05, 3.63) is 0 Å². The van der Waals surface area contributed by atoms with Crippen molar-refractivity contribution in [1.29, 1.82) is 0 Å². The van der Waals surface area contributed by atoms with Gasteiger partial charge in [-0.25, -0.2) is 0 Å². The van der Waals surface area contributed by atoms with Gasteiger partial charge in [-0.1, -0.05) is 19.8 Å². The molecule has 0 bridgehead atoms.